The number of rotatable bonds is 4. The molecule has 148 valence electrons. The first-order valence-corrected chi connectivity index (χ1v) is 10.3. The zero-order chi connectivity index (χ0) is 20.3. The minimum atomic E-state index is 0.181. The van der Waals surface area contributed by atoms with E-state index in [-0.39, 0.29) is 5.54 Å². The summed E-state index contributed by atoms with van der Waals surface area (Å²) in [4.78, 5) is 2.52. The van der Waals surface area contributed by atoms with Crippen molar-refractivity contribution in [2.24, 2.45) is 5.10 Å². The molecule has 2 aromatic rings. The molecule has 28 heavy (non-hydrogen) atoms. The molecule has 0 saturated heterocycles. The largest absolute Gasteiger partial charge is 0.366 e. The lowest BCUT2D eigenvalue weighted by molar-refractivity contribution is 0.381. The summed E-state index contributed by atoms with van der Waals surface area (Å²) in [5, 5.41) is 7.95. The lowest BCUT2D eigenvalue weighted by atomic mass is 9.79. The second-order valence-corrected chi connectivity index (χ2v) is 8.53. The molecule has 0 aliphatic carbocycles. The quantitative estimate of drug-likeness (QED) is 0.412. The molecule has 0 amide bonds. The summed E-state index contributed by atoms with van der Waals surface area (Å²) in [6.45, 7) is 12.4. The van der Waals surface area contributed by atoms with Crippen molar-refractivity contribution in [3.8, 4) is 0 Å². The SMILES string of the molecule is CCN1c2cc(C)c(/C=N\NC(=S)Nc3ccccc3)cc2C(C)CC1(C)C. The Morgan fingerprint density at radius 1 is 1.29 bits per heavy atom. The molecular weight excluding hydrogens is 364 g/mol. The van der Waals surface area contributed by atoms with Gasteiger partial charge in [0.1, 0.15) is 0 Å². The Kier molecular flexibility index (Phi) is 6.04. The number of benzene rings is 2. The topological polar surface area (TPSA) is 39.7 Å². The van der Waals surface area contributed by atoms with Gasteiger partial charge in [-0.15, -0.1) is 0 Å². The Balaban J connectivity index is 1.76. The lowest BCUT2D eigenvalue weighted by Gasteiger charge is -2.47. The molecule has 2 N–H and O–H groups in total. The van der Waals surface area contributed by atoms with Gasteiger partial charge in [0.2, 0.25) is 0 Å². The highest BCUT2D eigenvalue weighted by atomic mass is 32.1. The molecule has 3 rings (SSSR count). The average Bonchev–Trinajstić information content (AvgIpc) is 2.63. The summed E-state index contributed by atoms with van der Waals surface area (Å²) >= 11 is 5.31. The average molecular weight is 395 g/mol. The van der Waals surface area contributed by atoms with Crippen LogP contribution in [0.2, 0.25) is 0 Å². The van der Waals surface area contributed by atoms with Gasteiger partial charge in [-0.05, 0) is 93.2 Å². The second kappa shape index (κ2) is 8.31. The zero-order valence-electron chi connectivity index (χ0n) is 17.4. The third-order valence-electron chi connectivity index (χ3n) is 5.49. The summed E-state index contributed by atoms with van der Waals surface area (Å²) < 4.78 is 0. The van der Waals surface area contributed by atoms with Crippen LogP contribution in [0, 0.1) is 6.92 Å². The fraction of sp³-hybridized carbons (Fsp3) is 0.391. The van der Waals surface area contributed by atoms with Gasteiger partial charge in [-0.25, -0.2) is 0 Å². The predicted octanol–water partition coefficient (Wildman–Crippen LogP) is 5.43. The molecule has 5 heteroatoms. The van der Waals surface area contributed by atoms with Crippen LogP contribution in [0.4, 0.5) is 11.4 Å². The van der Waals surface area contributed by atoms with Gasteiger partial charge in [0.05, 0.1) is 6.21 Å². The van der Waals surface area contributed by atoms with Gasteiger partial charge in [0, 0.05) is 23.5 Å². The third-order valence-corrected chi connectivity index (χ3v) is 5.68. The summed E-state index contributed by atoms with van der Waals surface area (Å²) in [5.74, 6) is 0.523. The number of aryl methyl sites for hydroxylation is 1. The molecule has 1 unspecified atom stereocenters. The van der Waals surface area contributed by atoms with E-state index in [1.807, 2.05) is 36.5 Å². The van der Waals surface area contributed by atoms with E-state index in [2.05, 4.69) is 67.5 Å². The van der Waals surface area contributed by atoms with E-state index >= 15 is 0 Å². The Labute approximate surface area is 174 Å². The lowest BCUT2D eigenvalue weighted by Crippen LogP contribution is -2.48. The van der Waals surface area contributed by atoms with E-state index in [0.717, 1.165) is 24.2 Å². The highest BCUT2D eigenvalue weighted by molar-refractivity contribution is 7.80. The van der Waals surface area contributed by atoms with E-state index in [1.165, 1.54) is 16.8 Å². The molecule has 0 saturated carbocycles. The number of nitrogens with one attached hydrogen (secondary N) is 2. The standard InChI is InChI=1S/C23H30N4S/c1-6-27-21-12-16(2)18(13-20(21)17(3)14-23(27,4)5)15-24-26-22(28)25-19-10-8-7-9-11-19/h7-13,15,17H,6,14H2,1-5H3,(H2,25,26,28)/b24-15-. The van der Waals surface area contributed by atoms with Gasteiger partial charge in [-0.3, -0.25) is 5.43 Å². The maximum absolute atomic E-state index is 5.31. The van der Waals surface area contributed by atoms with E-state index in [0.29, 0.717) is 11.0 Å². The first-order valence-electron chi connectivity index (χ1n) is 9.89. The fourth-order valence-corrected chi connectivity index (χ4v) is 4.40. The third kappa shape index (κ3) is 4.36. The predicted molar refractivity (Wildman–Crippen MR) is 125 cm³/mol. The molecule has 4 nitrogen and oxygen atoms in total. The van der Waals surface area contributed by atoms with E-state index in [1.54, 1.807) is 0 Å². The molecule has 0 radical (unpaired) electrons. The Morgan fingerprint density at radius 3 is 2.68 bits per heavy atom. The van der Waals surface area contributed by atoms with Gasteiger partial charge in [0.25, 0.3) is 0 Å². The van der Waals surface area contributed by atoms with Crippen LogP contribution in [-0.2, 0) is 0 Å². The number of hydrazone groups is 1. The van der Waals surface area contributed by atoms with Crippen LogP contribution in [0.3, 0.4) is 0 Å². The minimum absolute atomic E-state index is 0.181. The second-order valence-electron chi connectivity index (χ2n) is 8.12. The van der Waals surface area contributed by atoms with Gasteiger partial charge >= 0.3 is 0 Å². The maximum Gasteiger partial charge on any atom is 0.191 e. The van der Waals surface area contributed by atoms with Crippen molar-refractivity contribution in [3.63, 3.8) is 0 Å². The van der Waals surface area contributed by atoms with Crippen LogP contribution in [0.5, 0.6) is 0 Å². The molecule has 1 aliphatic rings. The van der Waals surface area contributed by atoms with Crippen LogP contribution in [-0.4, -0.2) is 23.4 Å². The van der Waals surface area contributed by atoms with Crippen LogP contribution < -0.4 is 15.6 Å². The molecule has 1 atom stereocenters. The van der Waals surface area contributed by atoms with Crippen molar-refractivity contribution in [1.29, 1.82) is 0 Å². The van der Waals surface area contributed by atoms with E-state index in [9.17, 15) is 0 Å². The number of para-hydroxylation sites is 1. The van der Waals surface area contributed by atoms with Crippen molar-refractivity contribution < 1.29 is 0 Å². The molecule has 0 spiro atoms. The van der Waals surface area contributed by atoms with Crippen LogP contribution >= 0.6 is 12.2 Å². The Morgan fingerprint density at radius 2 is 2.00 bits per heavy atom. The number of hydrogen-bond acceptors (Lipinski definition) is 3. The van der Waals surface area contributed by atoms with E-state index < -0.39 is 0 Å². The summed E-state index contributed by atoms with van der Waals surface area (Å²) in [5.41, 5.74) is 9.13. The van der Waals surface area contributed by atoms with Gasteiger partial charge in [0.15, 0.2) is 5.11 Å². The normalized spacial score (nSPS) is 18.0. The first-order chi connectivity index (χ1) is 13.3. The van der Waals surface area contributed by atoms with Crippen LogP contribution in [0.1, 0.15) is 56.7 Å². The number of fused-ring (bicyclic) bond motifs is 1. The summed E-state index contributed by atoms with van der Waals surface area (Å²) in [7, 11) is 0. The van der Waals surface area contributed by atoms with Crippen molar-refractivity contribution in [1.82, 2.24) is 5.43 Å². The first kappa shape index (κ1) is 20.3. The monoisotopic (exact) mass is 394 g/mol. The molecule has 0 fully saturated rings. The van der Waals surface area contributed by atoms with Gasteiger partial charge in [-0.2, -0.15) is 5.10 Å². The smallest absolute Gasteiger partial charge is 0.191 e. The number of thiocarbonyl (C=S) groups is 1. The van der Waals surface area contributed by atoms with Crippen molar-refractivity contribution in [2.75, 3.05) is 16.8 Å². The zero-order valence-corrected chi connectivity index (χ0v) is 18.2. The highest BCUT2D eigenvalue weighted by Crippen LogP contribution is 2.43. The van der Waals surface area contributed by atoms with E-state index in [4.69, 9.17) is 12.2 Å². The summed E-state index contributed by atoms with van der Waals surface area (Å²) in [6, 6.07) is 14.4. The van der Waals surface area contributed by atoms with Gasteiger partial charge < -0.3 is 10.2 Å². The van der Waals surface area contributed by atoms with Crippen LogP contribution in [0.15, 0.2) is 47.6 Å². The summed E-state index contributed by atoms with van der Waals surface area (Å²) in [6.07, 6.45) is 3.01. The van der Waals surface area contributed by atoms with Crippen LogP contribution in [0.25, 0.3) is 0 Å². The molecule has 0 bridgehead atoms. The van der Waals surface area contributed by atoms with Crippen molar-refractivity contribution >= 4 is 34.9 Å². The van der Waals surface area contributed by atoms with Gasteiger partial charge in [-0.1, -0.05) is 25.1 Å². The molecule has 1 aliphatic heterocycles. The van der Waals surface area contributed by atoms with Crippen molar-refractivity contribution in [3.05, 3.63) is 59.2 Å². The molecule has 1 heterocycles. The number of hydrogen-bond donors (Lipinski definition) is 2. The van der Waals surface area contributed by atoms with Crippen molar-refractivity contribution in [2.45, 2.75) is 52.5 Å². The number of nitrogens with zero attached hydrogens (tertiary/aromatic N) is 2. The Bertz CT molecular complexity index is 874. The Hall–Kier alpha value is -2.40. The fourth-order valence-electron chi connectivity index (χ4n) is 4.23. The molecule has 0 aromatic heterocycles. The minimum Gasteiger partial charge on any atom is -0.366 e. The molecule has 2 aromatic carbocycles. The molecular formula is C23H30N4S. The number of anilines is 2. The highest BCUT2D eigenvalue weighted by Gasteiger charge is 2.35. The maximum atomic E-state index is 5.31.